The molecule has 4 amide bonds. The van der Waals surface area contributed by atoms with E-state index in [1.807, 2.05) is 46.4 Å². The second kappa shape index (κ2) is 28.7. The van der Waals surface area contributed by atoms with Crippen LogP contribution in [-0.2, 0) is 37.9 Å². The van der Waals surface area contributed by atoms with Crippen LogP contribution in [0.2, 0.25) is 0 Å². The van der Waals surface area contributed by atoms with Gasteiger partial charge in [0.05, 0.1) is 55.0 Å². The van der Waals surface area contributed by atoms with E-state index in [9.17, 15) is 19.2 Å². The molecule has 4 saturated heterocycles. The Morgan fingerprint density at radius 1 is 0.625 bits per heavy atom. The van der Waals surface area contributed by atoms with Crippen molar-refractivity contribution < 1.29 is 66.5 Å². The van der Waals surface area contributed by atoms with Gasteiger partial charge >= 0.3 is 12.2 Å². The van der Waals surface area contributed by atoms with Crippen molar-refractivity contribution in [3.63, 3.8) is 0 Å². The second-order valence-corrected chi connectivity index (χ2v) is 25.9. The van der Waals surface area contributed by atoms with E-state index in [2.05, 4.69) is 31.9 Å². The molecule has 0 N–H and O–H groups in total. The predicted octanol–water partition coefficient (Wildman–Crippen LogP) is 12.3. The van der Waals surface area contributed by atoms with Gasteiger partial charge in [-0.1, -0.05) is 70.4 Å². The average Bonchev–Trinajstić information content (AvgIpc) is 4.01. The Labute approximate surface area is 491 Å². The summed E-state index contributed by atoms with van der Waals surface area (Å²) in [6.45, 7) is 13.3. The molecule has 2 aromatic carbocycles. The lowest BCUT2D eigenvalue weighted by molar-refractivity contribution is -0.203. The van der Waals surface area contributed by atoms with Gasteiger partial charge in [0.15, 0.2) is 25.0 Å². The van der Waals surface area contributed by atoms with Gasteiger partial charge in [-0.05, 0) is 155 Å². The first kappa shape index (κ1) is 62.3. The lowest BCUT2D eigenvalue weighted by Crippen LogP contribution is -2.58. The molecular formula is C60H88Br2N4O14. The molecule has 0 aromatic heterocycles. The number of unbranched alkanes of at least 4 members (excludes halogenated alkanes) is 6. The molecule has 10 atom stereocenters. The first-order chi connectivity index (χ1) is 38.4. The van der Waals surface area contributed by atoms with Crippen molar-refractivity contribution in [2.24, 2.45) is 0 Å². The van der Waals surface area contributed by atoms with Gasteiger partial charge in [-0.25, -0.2) is 19.4 Å². The fourth-order valence-electron chi connectivity index (χ4n) is 11.8. The number of carbonyl (C=O) groups is 4. The van der Waals surface area contributed by atoms with Crippen LogP contribution < -0.4 is 19.3 Å². The van der Waals surface area contributed by atoms with Gasteiger partial charge in [0.25, 0.3) is 11.8 Å². The SMILES string of the molecule is COc1ccc2c(c1)C(=O)N1CCC(OCCCCCCC(OC3CCN4C(=O)c5cc(OC)ccc5N(C(=O)OC(C)(C)C)[C@@H](OC5CCCCO5)[C@H]34)C(Br)CCCCCCBr)[C@H]1[C@H](OC1CCCCO1)N2C(=O)OC(C)(C)C. The highest BCUT2D eigenvalue weighted by Gasteiger charge is 2.55. The van der Waals surface area contributed by atoms with Crippen LogP contribution in [-0.4, -0.2) is 158 Å². The maximum atomic E-state index is 14.9. The maximum absolute atomic E-state index is 14.9. The van der Waals surface area contributed by atoms with E-state index in [1.165, 1.54) is 9.80 Å². The Morgan fingerprint density at radius 3 is 1.57 bits per heavy atom. The fourth-order valence-corrected chi connectivity index (χ4v) is 12.9. The van der Waals surface area contributed by atoms with E-state index in [4.69, 9.17) is 47.4 Å². The van der Waals surface area contributed by atoms with Gasteiger partial charge in [-0.2, -0.15) is 0 Å². The summed E-state index contributed by atoms with van der Waals surface area (Å²) < 4.78 is 63.5. The van der Waals surface area contributed by atoms with Crippen molar-refractivity contribution >= 4 is 67.2 Å². The number of rotatable bonds is 23. The molecule has 2 aromatic rings. The first-order valence-corrected chi connectivity index (χ1v) is 31.5. The van der Waals surface area contributed by atoms with Crippen LogP contribution in [0.15, 0.2) is 36.4 Å². The molecule has 0 bridgehead atoms. The number of carbonyl (C=O) groups excluding carboxylic acids is 4. The van der Waals surface area contributed by atoms with Crippen LogP contribution in [0.4, 0.5) is 21.0 Å². The summed E-state index contributed by atoms with van der Waals surface area (Å²) in [5, 5.41) is 0.980. The Kier molecular flexibility index (Phi) is 22.3. The molecule has 0 aliphatic carbocycles. The monoisotopic (exact) mass is 1250 g/mol. The molecule has 18 nitrogen and oxygen atoms in total. The number of nitrogens with zero attached hydrogens (tertiary/aromatic N) is 4. The van der Waals surface area contributed by atoms with Gasteiger partial charge in [0.1, 0.15) is 34.8 Å². The molecule has 0 radical (unpaired) electrons. The molecule has 6 aliphatic rings. The van der Waals surface area contributed by atoms with Gasteiger partial charge < -0.3 is 57.2 Å². The third kappa shape index (κ3) is 15.7. The summed E-state index contributed by atoms with van der Waals surface area (Å²) in [5.74, 6) is 0.524. The van der Waals surface area contributed by atoms with E-state index < -0.39 is 72.7 Å². The predicted molar refractivity (Wildman–Crippen MR) is 310 cm³/mol. The molecule has 20 heteroatoms. The average molecular weight is 1250 g/mol. The number of amides is 4. The molecular weight excluding hydrogens is 1160 g/mol. The van der Waals surface area contributed by atoms with Crippen molar-refractivity contribution in [2.75, 3.05) is 62.3 Å². The van der Waals surface area contributed by atoms with Gasteiger partial charge in [-0.3, -0.25) is 9.59 Å². The zero-order valence-electron chi connectivity index (χ0n) is 48.5. The maximum Gasteiger partial charge on any atom is 0.417 e. The number of methoxy groups -OCH3 is 2. The van der Waals surface area contributed by atoms with Gasteiger partial charge in [-0.15, -0.1) is 0 Å². The summed E-state index contributed by atoms with van der Waals surface area (Å²) in [7, 11) is 3.11. The van der Waals surface area contributed by atoms with Crippen LogP contribution in [0.5, 0.6) is 11.5 Å². The molecule has 4 fully saturated rings. The topological polar surface area (TPSA) is 174 Å². The third-order valence-corrected chi connectivity index (χ3v) is 17.3. The number of anilines is 2. The van der Waals surface area contributed by atoms with E-state index >= 15 is 0 Å². The quantitative estimate of drug-likeness (QED) is 0.0759. The molecule has 6 aliphatic heterocycles. The van der Waals surface area contributed by atoms with Gasteiger partial charge in [0, 0.05) is 43.1 Å². The number of ether oxygens (including phenoxy) is 10. The zero-order valence-corrected chi connectivity index (χ0v) is 51.6. The van der Waals surface area contributed by atoms with Crippen molar-refractivity contribution in [2.45, 2.75) is 229 Å². The van der Waals surface area contributed by atoms with E-state index in [-0.39, 0.29) is 22.7 Å². The highest BCUT2D eigenvalue weighted by Crippen LogP contribution is 2.43. The van der Waals surface area contributed by atoms with Crippen molar-refractivity contribution in [1.29, 1.82) is 0 Å². The summed E-state index contributed by atoms with van der Waals surface area (Å²) in [4.78, 5) is 65.2. The Morgan fingerprint density at radius 2 is 1.10 bits per heavy atom. The standard InChI is InChI=1S/C60H88Br2N4O14/c1-59(2,3)79-57(69)65-44-27-25-39(71-7)37-41(44)53(67)63-32-29-47(51(63)55(65)77-49-23-15-19-35-74-49)73-34-18-12-10-14-22-46(43(62)21-13-9-11-17-31-61)76-48-30-33-64-52(48)56(78-50-24-16-20-36-75-50)66(58(70)80-60(4,5)6)45-28-26-40(72-8)38-42(45)54(64)68/h25-28,37-38,43,46-52,55-56H,9-24,29-36H2,1-8H3/t43?,46?,47?,48?,49?,50?,51-,52-,55-,56-/m0/s1. The molecule has 0 saturated carbocycles. The second-order valence-electron chi connectivity index (χ2n) is 23.9. The lowest BCUT2D eigenvalue weighted by atomic mass is 10.0. The van der Waals surface area contributed by atoms with E-state index in [0.29, 0.717) is 92.6 Å². The molecule has 6 heterocycles. The van der Waals surface area contributed by atoms with Crippen molar-refractivity contribution in [3.8, 4) is 11.5 Å². The molecule has 6 unspecified atom stereocenters. The number of hydrogen-bond donors (Lipinski definition) is 0. The number of halogens is 2. The van der Waals surface area contributed by atoms with E-state index in [1.54, 1.807) is 55.5 Å². The van der Waals surface area contributed by atoms with Crippen molar-refractivity contribution in [3.05, 3.63) is 47.5 Å². The largest absolute Gasteiger partial charge is 0.497 e. The highest BCUT2D eigenvalue weighted by atomic mass is 79.9. The molecule has 0 spiro atoms. The Balaban J connectivity index is 0.977. The summed E-state index contributed by atoms with van der Waals surface area (Å²) in [5.41, 5.74) is -0.256. The van der Waals surface area contributed by atoms with Crippen LogP contribution in [0, 0.1) is 0 Å². The summed E-state index contributed by atoms with van der Waals surface area (Å²) in [6.07, 6.45) is 10.1. The fraction of sp³-hybridized carbons (Fsp3) is 0.733. The third-order valence-electron chi connectivity index (χ3n) is 15.7. The Hall–Kier alpha value is -3.76. The minimum Gasteiger partial charge on any atom is -0.497 e. The van der Waals surface area contributed by atoms with Crippen LogP contribution in [0.25, 0.3) is 0 Å². The van der Waals surface area contributed by atoms with Gasteiger partial charge in [0.2, 0.25) is 0 Å². The minimum absolute atomic E-state index is 0.0315. The number of hydrogen-bond acceptors (Lipinski definition) is 14. The molecule has 8 rings (SSSR count). The zero-order chi connectivity index (χ0) is 57.1. The molecule has 446 valence electrons. The number of benzene rings is 2. The highest BCUT2D eigenvalue weighted by molar-refractivity contribution is 9.09. The number of fused-ring (bicyclic) bond motifs is 4. The lowest BCUT2D eigenvalue weighted by Gasteiger charge is -2.41. The Bertz CT molecular complexity index is 2370. The number of alkyl halides is 2. The van der Waals surface area contributed by atoms with Crippen LogP contribution >= 0.6 is 31.9 Å². The normalized spacial score (nSPS) is 25.9. The van der Waals surface area contributed by atoms with Crippen LogP contribution in [0.1, 0.15) is 178 Å². The summed E-state index contributed by atoms with van der Waals surface area (Å²) in [6, 6.07) is 8.99. The molecule has 80 heavy (non-hydrogen) atoms. The summed E-state index contributed by atoms with van der Waals surface area (Å²) >= 11 is 7.70. The minimum atomic E-state index is -0.984. The van der Waals surface area contributed by atoms with Crippen molar-refractivity contribution in [1.82, 2.24) is 9.80 Å². The first-order valence-electron chi connectivity index (χ1n) is 29.4. The smallest absolute Gasteiger partial charge is 0.417 e. The van der Waals surface area contributed by atoms with Crippen LogP contribution in [0.3, 0.4) is 0 Å². The van der Waals surface area contributed by atoms with E-state index in [0.717, 1.165) is 95.2 Å².